The number of aliphatic hydroxyl groups is 2. The number of imidazole rings is 1. The average molecular weight is 567 g/mol. The number of nitrogens with zero attached hydrogens (tertiary/aromatic N) is 6. The van der Waals surface area contributed by atoms with Crippen LogP contribution >= 0.6 is 0 Å². The summed E-state index contributed by atoms with van der Waals surface area (Å²) in [6, 6.07) is 7.71. The van der Waals surface area contributed by atoms with Gasteiger partial charge in [0.2, 0.25) is 0 Å². The number of fused-ring (bicyclic) bond motifs is 1. The Balaban J connectivity index is 1.59. The minimum absolute atomic E-state index is 0.410. The van der Waals surface area contributed by atoms with E-state index in [0.717, 1.165) is 21.1 Å². The monoisotopic (exact) mass is 567 g/mol. The Labute approximate surface area is 218 Å². The number of carbonyl (C=O) groups is 1. The van der Waals surface area contributed by atoms with E-state index in [1.807, 2.05) is 25.1 Å². The van der Waals surface area contributed by atoms with E-state index in [1.54, 1.807) is 25.6 Å². The second kappa shape index (κ2) is 10.5. The number of aryl methyl sites for hydroxylation is 1. The summed E-state index contributed by atoms with van der Waals surface area (Å²) in [6.45, 7) is 1.95. The molecule has 0 saturated carbocycles. The van der Waals surface area contributed by atoms with E-state index in [0.29, 0.717) is 28.3 Å². The summed E-state index contributed by atoms with van der Waals surface area (Å²) in [5, 5.41) is 24.4. The summed E-state index contributed by atoms with van der Waals surface area (Å²) in [6.07, 6.45) is -0.359. The van der Waals surface area contributed by atoms with E-state index >= 15 is 0 Å². The van der Waals surface area contributed by atoms with Crippen molar-refractivity contribution >= 4 is 37.3 Å². The van der Waals surface area contributed by atoms with Gasteiger partial charge in [-0.1, -0.05) is 0 Å². The number of amides is 1. The SMILES string of the molecule is CNC(=O)[C@H]1O[C@H](n2cnc3c([AsH]Cc4cccc(C)n4)nc(-c4cncc(OC)c4)nc32)[C@@H](O)[C@@H]1O. The Hall–Kier alpha value is -3.44. The molecule has 4 aromatic rings. The van der Waals surface area contributed by atoms with Crippen LogP contribution in [0.5, 0.6) is 5.75 Å². The zero-order valence-corrected chi connectivity index (χ0v) is 22.5. The van der Waals surface area contributed by atoms with Crippen LogP contribution in [0.4, 0.5) is 0 Å². The molecule has 5 rings (SSSR count). The van der Waals surface area contributed by atoms with Crippen LogP contribution in [0.1, 0.15) is 17.6 Å². The molecule has 0 bridgehead atoms. The molecule has 1 saturated heterocycles. The van der Waals surface area contributed by atoms with Crippen LogP contribution in [0.15, 0.2) is 43.0 Å². The quantitative estimate of drug-likeness (QED) is 0.242. The molecule has 4 aromatic heterocycles. The number of carbonyl (C=O) groups excluding carboxylic acids is 1. The van der Waals surface area contributed by atoms with Crippen molar-refractivity contribution in [3.63, 3.8) is 0 Å². The van der Waals surface area contributed by atoms with Crippen LogP contribution in [0, 0.1) is 6.92 Å². The zero-order chi connectivity index (χ0) is 26.1. The molecule has 12 nitrogen and oxygen atoms in total. The molecular formula is C24H26AsN7O5. The summed E-state index contributed by atoms with van der Waals surface area (Å²) >= 11 is -0.853. The summed E-state index contributed by atoms with van der Waals surface area (Å²) in [7, 11) is 2.99. The third-order valence-electron chi connectivity index (χ3n) is 6.03. The molecule has 192 valence electrons. The minimum atomic E-state index is -1.41. The predicted molar refractivity (Wildman–Crippen MR) is 135 cm³/mol. The number of methoxy groups -OCH3 is 1. The van der Waals surface area contributed by atoms with Gasteiger partial charge in [0.15, 0.2) is 0 Å². The Bertz CT molecular complexity index is 1450. The van der Waals surface area contributed by atoms with Crippen molar-refractivity contribution in [2.45, 2.75) is 36.7 Å². The molecule has 0 spiro atoms. The Morgan fingerprint density at radius 3 is 2.81 bits per heavy atom. The molecule has 1 amide bonds. The molecule has 1 aliphatic heterocycles. The number of pyridine rings is 2. The van der Waals surface area contributed by atoms with Crippen LogP contribution < -0.4 is 14.5 Å². The van der Waals surface area contributed by atoms with Crippen molar-refractivity contribution in [3.05, 3.63) is 54.4 Å². The molecule has 3 N–H and O–H groups in total. The van der Waals surface area contributed by atoms with Gasteiger partial charge in [-0.2, -0.15) is 0 Å². The average Bonchev–Trinajstić information content (AvgIpc) is 3.47. The molecule has 5 atom stereocenters. The molecule has 5 heterocycles. The van der Waals surface area contributed by atoms with E-state index in [4.69, 9.17) is 19.4 Å². The first kappa shape index (κ1) is 25.2. The number of hydrogen-bond donors (Lipinski definition) is 3. The summed E-state index contributed by atoms with van der Waals surface area (Å²) in [5.74, 6) is 0.434. The normalized spacial score (nSPS) is 21.6. The first-order chi connectivity index (χ1) is 17.9. The van der Waals surface area contributed by atoms with Gasteiger partial charge in [0.25, 0.3) is 0 Å². The molecule has 1 aliphatic rings. The van der Waals surface area contributed by atoms with E-state index in [1.165, 1.54) is 17.9 Å². The van der Waals surface area contributed by atoms with E-state index in [9.17, 15) is 15.0 Å². The van der Waals surface area contributed by atoms with Crippen molar-refractivity contribution in [1.82, 2.24) is 34.8 Å². The van der Waals surface area contributed by atoms with Crippen LogP contribution in [0.25, 0.3) is 22.6 Å². The van der Waals surface area contributed by atoms with Crippen molar-refractivity contribution in [2.24, 2.45) is 0 Å². The Kier molecular flexibility index (Phi) is 7.16. The maximum absolute atomic E-state index is 12.2. The van der Waals surface area contributed by atoms with Gasteiger partial charge < -0.3 is 0 Å². The fraction of sp³-hybridized carbons (Fsp3) is 0.333. The number of aliphatic hydroxyl groups excluding tert-OH is 2. The first-order valence-corrected chi connectivity index (χ1v) is 14.1. The second-order valence-electron chi connectivity index (χ2n) is 8.50. The molecular weight excluding hydrogens is 541 g/mol. The van der Waals surface area contributed by atoms with Crippen LogP contribution in [-0.4, -0.2) is 93.8 Å². The van der Waals surface area contributed by atoms with Crippen LogP contribution in [-0.2, 0) is 14.7 Å². The van der Waals surface area contributed by atoms with Crippen LogP contribution in [0.2, 0.25) is 0 Å². The first-order valence-electron chi connectivity index (χ1n) is 11.5. The number of rotatable bonds is 7. The van der Waals surface area contributed by atoms with Gasteiger partial charge >= 0.3 is 219 Å². The summed E-state index contributed by atoms with van der Waals surface area (Å²) in [5.41, 5.74) is 3.55. The van der Waals surface area contributed by atoms with Crippen molar-refractivity contribution in [3.8, 4) is 17.1 Å². The standard InChI is InChI=1S/C24H26AsN7O5/c1-12-5-4-6-14(29-12)8-25-20-16-22(31-21(30-20)13-7-15(36-3)10-27-9-13)32(11-28-16)24-18(34)17(33)19(37-24)23(35)26-2/h4-7,9-11,17-19,24-25,33-34H,8H2,1-3H3,(H,26,35)/t17-,18-,19-,24-/m0/s1. The summed E-state index contributed by atoms with van der Waals surface area (Å²) < 4.78 is 13.4. The fourth-order valence-electron chi connectivity index (χ4n) is 4.13. The number of likely N-dealkylation sites (N-methyl/N-ethyl adjacent to an activating group) is 1. The van der Waals surface area contributed by atoms with Gasteiger partial charge in [0.05, 0.1) is 0 Å². The molecule has 37 heavy (non-hydrogen) atoms. The summed E-state index contributed by atoms with van der Waals surface area (Å²) in [4.78, 5) is 35.1. The van der Waals surface area contributed by atoms with Gasteiger partial charge in [0.1, 0.15) is 0 Å². The van der Waals surface area contributed by atoms with E-state index in [2.05, 4.69) is 20.3 Å². The molecule has 1 fully saturated rings. The number of nitrogens with one attached hydrogen (secondary N) is 1. The van der Waals surface area contributed by atoms with Crippen molar-refractivity contribution in [2.75, 3.05) is 14.2 Å². The third kappa shape index (κ3) is 4.93. The molecule has 13 heteroatoms. The Morgan fingerprint density at radius 1 is 1.22 bits per heavy atom. The molecule has 0 aliphatic carbocycles. The molecule has 0 radical (unpaired) electrons. The second-order valence-corrected chi connectivity index (χ2v) is 11.0. The van der Waals surface area contributed by atoms with Gasteiger partial charge in [0, 0.05) is 0 Å². The zero-order valence-electron chi connectivity index (χ0n) is 20.4. The fourth-order valence-corrected chi connectivity index (χ4v) is 6.38. The van der Waals surface area contributed by atoms with Crippen LogP contribution in [0.3, 0.4) is 0 Å². The van der Waals surface area contributed by atoms with E-state index in [-0.39, 0.29) is 0 Å². The topological polar surface area (TPSA) is 157 Å². The Morgan fingerprint density at radius 2 is 2.05 bits per heavy atom. The van der Waals surface area contributed by atoms with Gasteiger partial charge in [-0.05, 0) is 0 Å². The predicted octanol–water partition coefficient (Wildman–Crippen LogP) is -0.772. The van der Waals surface area contributed by atoms with Gasteiger partial charge in [-0.15, -0.1) is 0 Å². The van der Waals surface area contributed by atoms with E-state index < -0.39 is 46.2 Å². The van der Waals surface area contributed by atoms with Gasteiger partial charge in [-0.25, -0.2) is 0 Å². The molecule has 0 aromatic carbocycles. The number of ether oxygens (including phenoxy) is 2. The molecule has 1 unspecified atom stereocenters. The van der Waals surface area contributed by atoms with Gasteiger partial charge in [-0.3, -0.25) is 0 Å². The van der Waals surface area contributed by atoms with Crippen molar-refractivity contribution in [1.29, 1.82) is 0 Å². The maximum atomic E-state index is 12.2. The number of aromatic nitrogens is 6. The number of hydrogen-bond acceptors (Lipinski definition) is 10. The van der Waals surface area contributed by atoms with Crippen molar-refractivity contribution < 1.29 is 24.5 Å². The third-order valence-corrected chi connectivity index (χ3v) is 8.59.